The standard InChI is InChI=1S/C25H21NO7/c1-5-14-26-18-9-7-6-8-17(18)25(24(26)29)20(23(28)32-4)19(22(27)31-3)21(33-25)15-10-12-16(30-2)13-11-15/h1,6-13,21H,14H2,2-4H3/t21-,25+/m0/s1. The summed E-state index contributed by atoms with van der Waals surface area (Å²) in [7, 11) is 3.89. The zero-order valence-electron chi connectivity index (χ0n) is 18.3. The Labute approximate surface area is 190 Å². The zero-order chi connectivity index (χ0) is 23.8. The van der Waals surface area contributed by atoms with Crippen LogP contribution in [0.1, 0.15) is 17.2 Å². The Morgan fingerprint density at radius 2 is 1.73 bits per heavy atom. The highest BCUT2D eigenvalue weighted by Gasteiger charge is 2.64. The Bertz CT molecular complexity index is 1210. The number of hydrogen-bond acceptors (Lipinski definition) is 7. The molecule has 0 fully saturated rings. The van der Waals surface area contributed by atoms with Gasteiger partial charge in [0.1, 0.15) is 11.9 Å². The number of anilines is 1. The minimum atomic E-state index is -1.92. The molecular weight excluding hydrogens is 426 g/mol. The van der Waals surface area contributed by atoms with Crippen molar-refractivity contribution in [2.75, 3.05) is 32.8 Å². The van der Waals surface area contributed by atoms with Gasteiger partial charge in [0.15, 0.2) is 0 Å². The van der Waals surface area contributed by atoms with Gasteiger partial charge in [-0.25, -0.2) is 9.59 Å². The molecule has 2 aromatic rings. The second-order valence-corrected chi connectivity index (χ2v) is 7.34. The number of carbonyl (C=O) groups excluding carboxylic acids is 3. The summed E-state index contributed by atoms with van der Waals surface area (Å²) in [6, 6.07) is 13.6. The van der Waals surface area contributed by atoms with Crippen LogP contribution in [-0.4, -0.2) is 45.7 Å². The molecule has 2 aromatic carbocycles. The summed E-state index contributed by atoms with van der Waals surface area (Å²) >= 11 is 0. The molecule has 8 heteroatoms. The largest absolute Gasteiger partial charge is 0.497 e. The van der Waals surface area contributed by atoms with E-state index in [4.69, 9.17) is 25.4 Å². The molecule has 2 aliphatic heterocycles. The predicted octanol–water partition coefficient (Wildman–Crippen LogP) is 2.28. The van der Waals surface area contributed by atoms with Crippen LogP contribution in [-0.2, 0) is 34.2 Å². The van der Waals surface area contributed by atoms with Gasteiger partial charge in [-0.3, -0.25) is 9.69 Å². The molecule has 0 aromatic heterocycles. The first-order chi connectivity index (χ1) is 15.9. The van der Waals surface area contributed by atoms with Crippen molar-refractivity contribution < 1.29 is 33.3 Å². The summed E-state index contributed by atoms with van der Waals surface area (Å²) in [5, 5.41) is 0. The molecule has 2 atom stereocenters. The summed E-state index contributed by atoms with van der Waals surface area (Å²) < 4.78 is 21.6. The first kappa shape index (κ1) is 22.1. The number of terminal acetylenes is 1. The van der Waals surface area contributed by atoms with E-state index in [9.17, 15) is 14.4 Å². The van der Waals surface area contributed by atoms with Gasteiger partial charge in [-0.05, 0) is 23.8 Å². The lowest BCUT2D eigenvalue weighted by molar-refractivity contribution is -0.148. The number of amides is 1. The second kappa shape index (κ2) is 8.45. The molecule has 0 N–H and O–H groups in total. The summed E-state index contributed by atoms with van der Waals surface area (Å²) in [5.41, 5.74) is -0.858. The third kappa shape index (κ3) is 3.17. The summed E-state index contributed by atoms with van der Waals surface area (Å²) in [6.07, 6.45) is 4.42. The predicted molar refractivity (Wildman–Crippen MR) is 117 cm³/mol. The number of benzene rings is 2. The Morgan fingerprint density at radius 1 is 1.06 bits per heavy atom. The van der Waals surface area contributed by atoms with Crippen molar-refractivity contribution in [1.29, 1.82) is 0 Å². The van der Waals surface area contributed by atoms with Crippen LogP contribution < -0.4 is 9.64 Å². The van der Waals surface area contributed by atoms with E-state index in [1.165, 1.54) is 26.2 Å². The first-order valence-electron chi connectivity index (χ1n) is 10.0. The number of carbonyl (C=O) groups is 3. The summed E-state index contributed by atoms with van der Waals surface area (Å²) in [5.74, 6) is 0.774. The SMILES string of the molecule is C#CCN1C(=O)[C@@]2(O[C@@H](c3ccc(OC)cc3)C(C(=O)OC)=C2C(=O)OC)c2ccccc21. The van der Waals surface area contributed by atoms with Gasteiger partial charge >= 0.3 is 11.9 Å². The van der Waals surface area contributed by atoms with E-state index in [1.54, 1.807) is 48.5 Å². The van der Waals surface area contributed by atoms with Crippen molar-refractivity contribution in [1.82, 2.24) is 0 Å². The molecule has 0 unspecified atom stereocenters. The molecular formula is C25H21NO7. The van der Waals surface area contributed by atoms with E-state index in [-0.39, 0.29) is 17.7 Å². The number of methoxy groups -OCH3 is 3. The van der Waals surface area contributed by atoms with Crippen LogP contribution in [0.5, 0.6) is 5.75 Å². The van der Waals surface area contributed by atoms with Crippen LogP contribution in [0.2, 0.25) is 0 Å². The average molecular weight is 447 g/mol. The Balaban J connectivity index is 2.02. The van der Waals surface area contributed by atoms with E-state index >= 15 is 0 Å². The van der Waals surface area contributed by atoms with Gasteiger partial charge in [0.2, 0.25) is 5.60 Å². The second-order valence-electron chi connectivity index (χ2n) is 7.34. The van der Waals surface area contributed by atoms with Crippen LogP contribution >= 0.6 is 0 Å². The van der Waals surface area contributed by atoms with Crippen molar-refractivity contribution in [3.63, 3.8) is 0 Å². The number of esters is 2. The monoisotopic (exact) mass is 447 g/mol. The first-order valence-corrected chi connectivity index (χ1v) is 10.0. The number of nitrogens with zero attached hydrogens (tertiary/aromatic N) is 1. The number of rotatable bonds is 5. The van der Waals surface area contributed by atoms with Gasteiger partial charge in [-0.2, -0.15) is 0 Å². The van der Waals surface area contributed by atoms with E-state index in [0.717, 1.165) is 0 Å². The van der Waals surface area contributed by atoms with Gasteiger partial charge in [-0.1, -0.05) is 36.3 Å². The number of hydrogen-bond donors (Lipinski definition) is 0. The fourth-order valence-corrected chi connectivity index (χ4v) is 4.33. The summed E-state index contributed by atoms with van der Waals surface area (Å²) in [4.78, 5) is 41.3. The van der Waals surface area contributed by atoms with Gasteiger partial charge < -0.3 is 18.9 Å². The van der Waals surface area contributed by atoms with E-state index in [1.807, 2.05) is 0 Å². The maximum Gasteiger partial charge on any atom is 0.338 e. The molecule has 2 heterocycles. The average Bonchev–Trinajstić information content (AvgIpc) is 3.33. The normalized spacial score (nSPS) is 21.1. The quantitative estimate of drug-likeness (QED) is 0.513. The lowest BCUT2D eigenvalue weighted by Gasteiger charge is -2.26. The maximum atomic E-state index is 13.8. The van der Waals surface area contributed by atoms with E-state index in [0.29, 0.717) is 22.6 Å². The molecule has 4 rings (SSSR count). The van der Waals surface area contributed by atoms with Crippen molar-refractivity contribution in [2.45, 2.75) is 11.7 Å². The van der Waals surface area contributed by atoms with Crippen molar-refractivity contribution in [3.8, 4) is 18.1 Å². The van der Waals surface area contributed by atoms with Crippen LogP contribution in [0.15, 0.2) is 59.7 Å². The highest BCUT2D eigenvalue weighted by Crippen LogP contribution is 2.56. The fourth-order valence-electron chi connectivity index (χ4n) is 4.33. The fraction of sp³-hybridized carbons (Fsp3) is 0.240. The number of para-hydroxylation sites is 1. The number of fused-ring (bicyclic) bond motifs is 2. The van der Waals surface area contributed by atoms with E-state index in [2.05, 4.69) is 5.92 Å². The molecule has 168 valence electrons. The maximum absolute atomic E-state index is 13.8. The third-order valence-electron chi connectivity index (χ3n) is 5.76. The molecule has 0 aliphatic carbocycles. The highest BCUT2D eigenvalue weighted by atomic mass is 16.6. The van der Waals surface area contributed by atoms with Crippen molar-refractivity contribution in [2.24, 2.45) is 0 Å². The lowest BCUT2D eigenvalue weighted by Crippen LogP contribution is -2.44. The zero-order valence-corrected chi connectivity index (χ0v) is 18.3. The Morgan fingerprint density at radius 3 is 2.33 bits per heavy atom. The van der Waals surface area contributed by atoms with E-state index < -0.39 is 29.6 Å². The third-order valence-corrected chi connectivity index (χ3v) is 5.76. The topological polar surface area (TPSA) is 91.4 Å². The van der Waals surface area contributed by atoms with Crippen molar-refractivity contribution in [3.05, 3.63) is 70.8 Å². The molecule has 0 saturated carbocycles. The highest BCUT2D eigenvalue weighted by molar-refractivity contribution is 6.17. The number of ether oxygens (including phenoxy) is 4. The van der Waals surface area contributed by atoms with Gasteiger partial charge in [0.05, 0.1) is 44.7 Å². The minimum absolute atomic E-state index is 0.0455. The van der Waals surface area contributed by atoms with Gasteiger partial charge in [-0.15, -0.1) is 6.42 Å². The Hall–Kier alpha value is -4.09. The molecule has 2 aliphatic rings. The van der Waals surface area contributed by atoms with Crippen molar-refractivity contribution >= 4 is 23.5 Å². The molecule has 8 nitrogen and oxygen atoms in total. The van der Waals surface area contributed by atoms with Crippen LogP contribution in [0, 0.1) is 12.3 Å². The molecule has 0 saturated heterocycles. The minimum Gasteiger partial charge on any atom is -0.497 e. The Kier molecular flexibility index (Phi) is 5.66. The molecule has 1 amide bonds. The van der Waals surface area contributed by atoms with Gasteiger partial charge in [0.25, 0.3) is 5.91 Å². The van der Waals surface area contributed by atoms with Gasteiger partial charge in [0, 0.05) is 5.56 Å². The molecule has 0 radical (unpaired) electrons. The molecule has 33 heavy (non-hydrogen) atoms. The smallest absolute Gasteiger partial charge is 0.338 e. The van der Waals surface area contributed by atoms with Crippen LogP contribution in [0.25, 0.3) is 0 Å². The summed E-state index contributed by atoms with van der Waals surface area (Å²) in [6.45, 7) is -0.0455. The molecule has 1 spiro atoms. The van der Waals surface area contributed by atoms with Crippen LogP contribution in [0.4, 0.5) is 5.69 Å². The lowest BCUT2D eigenvalue weighted by atomic mass is 9.85. The molecule has 0 bridgehead atoms. The van der Waals surface area contributed by atoms with Crippen LogP contribution in [0.3, 0.4) is 0 Å².